The van der Waals surface area contributed by atoms with Gasteiger partial charge in [0.1, 0.15) is 5.75 Å². The van der Waals surface area contributed by atoms with E-state index in [1.165, 1.54) is 36.4 Å². The Bertz CT molecular complexity index is 1370. The third-order valence-electron chi connectivity index (χ3n) is 5.26. The highest BCUT2D eigenvalue weighted by atomic mass is 16.5. The smallest absolute Gasteiger partial charge is 0.343 e. The molecule has 6 heteroatoms. The number of carbonyl (C=O) groups is 4. The first-order valence-electron chi connectivity index (χ1n) is 10.8. The van der Waals surface area contributed by atoms with Crippen LogP contribution in [0.2, 0.25) is 0 Å². The highest BCUT2D eigenvalue weighted by Crippen LogP contribution is 2.17. The Kier molecular flexibility index (Phi) is 6.93. The van der Waals surface area contributed by atoms with Crippen molar-refractivity contribution in [2.24, 2.45) is 0 Å². The third-order valence-corrected chi connectivity index (χ3v) is 5.26. The lowest BCUT2D eigenvalue weighted by atomic mass is 10.0. The summed E-state index contributed by atoms with van der Waals surface area (Å²) < 4.78 is 5.36. The van der Waals surface area contributed by atoms with Gasteiger partial charge in [-0.1, -0.05) is 60.2 Å². The Labute approximate surface area is 202 Å². The van der Waals surface area contributed by atoms with Crippen molar-refractivity contribution in [1.29, 1.82) is 0 Å². The molecular weight excluding hydrogens is 442 g/mol. The van der Waals surface area contributed by atoms with E-state index in [1.807, 2.05) is 31.2 Å². The van der Waals surface area contributed by atoms with Crippen LogP contribution in [-0.2, 0) is 0 Å². The number of esters is 1. The predicted octanol–water partition coefficient (Wildman–Crippen LogP) is 5.53. The summed E-state index contributed by atoms with van der Waals surface area (Å²) in [7, 11) is 0. The fraction of sp³-hybridized carbons (Fsp3) is 0.0345. The van der Waals surface area contributed by atoms with E-state index in [4.69, 9.17) is 4.74 Å². The molecule has 0 unspecified atom stereocenters. The molecule has 0 aromatic heterocycles. The monoisotopic (exact) mass is 463 g/mol. The number of hydrogen-bond donors (Lipinski definition) is 1. The number of ketones is 2. The molecule has 4 rings (SSSR count). The number of ether oxygens (including phenoxy) is 1. The molecule has 0 aliphatic rings. The summed E-state index contributed by atoms with van der Waals surface area (Å²) >= 11 is 0. The molecule has 172 valence electrons. The van der Waals surface area contributed by atoms with E-state index in [1.54, 1.807) is 42.5 Å². The van der Waals surface area contributed by atoms with Crippen LogP contribution in [0, 0.1) is 6.92 Å². The highest BCUT2D eigenvalue weighted by Gasteiger charge is 2.19. The number of benzene rings is 4. The van der Waals surface area contributed by atoms with E-state index in [-0.39, 0.29) is 22.8 Å². The number of nitrogens with one attached hydrogen (secondary N) is 1. The lowest BCUT2D eigenvalue weighted by Crippen LogP contribution is -2.15. The van der Waals surface area contributed by atoms with Crippen molar-refractivity contribution in [3.05, 3.63) is 131 Å². The molecular formula is C29H21NO5. The molecule has 1 N–H and O–H groups in total. The maximum Gasteiger partial charge on any atom is 0.343 e. The fourth-order valence-corrected chi connectivity index (χ4v) is 3.29. The number of hydrogen-bond acceptors (Lipinski definition) is 5. The topological polar surface area (TPSA) is 89.5 Å². The first kappa shape index (κ1) is 23.3. The molecule has 0 radical (unpaired) electrons. The van der Waals surface area contributed by atoms with Crippen molar-refractivity contribution in [2.45, 2.75) is 6.92 Å². The van der Waals surface area contributed by atoms with E-state index >= 15 is 0 Å². The summed E-state index contributed by atoms with van der Waals surface area (Å²) in [4.78, 5) is 49.7. The van der Waals surface area contributed by atoms with Gasteiger partial charge in [-0.2, -0.15) is 0 Å². The summed E-state index contributed by atoms with van der Waals surface area (Å²) in [5, 5.41) is 2.81. The van der Waals surface area contributed by atoms with Crippen LogP contribution in [0.15, 0.2) is 103 Å². The second-order valence-corrected chi connectivity index (χ2v) is 7.84. The van der Waals surface area contributed by atoms with Gasteiger partial charge in [0.05, 0.1) is 5.56 Å². The molecule has 0 aliphatic heterocycles. The zero-order valence-corrected chi connectivity index (χ0v) is 18.9. The standard InChI is InChI=1S/C29H21NO5/c1-19-7-15-24(16-8-19)30-28(33)22-13-17-25(18-14-22)35-29(34)23-11-9-21(10-12-23)27(32)26(31)20-5-3-2-4-6-20/h2-18H,1H3,(H,30,33). The number of anilines is 1. The first-order valence-corrected chi connectivity index (χ1v) is 10.8. The van der Waals surface area contributed by atoms with Crippen LogP contribution in [0.1, 0.15) is 47.0 Å². The van der Waals surface area contributed by atoms with Gasteiger partial charge in [0, 0.05) is 22.4 Å². The minimum Gasteiger partial charge on any atom is -0.423 e. The number of rotatable bonds is 7. The molecule has 4 aromatic carbocycles. The minimum atomic E-state index is -0.657. The SMILES string of the molecule is Cc1ccc(NC(=O)c2ccc(OC(=O)c3ccc(C(=O)C(=O)c4ccccc4)cc3)cc2)cc1. The van der Waals surface area contributed by atoms with Crippen molar-refractivity contribution in [2.75, 3.05) is 5.32 Å². The van der Waals surface area contributed by atoms with E-state index < -0.39 is 17.5 Å². The molecule has 6 nitrogen and oxygen atoms in total. The number of amides is 1. The lowest BCUT2D eigenvalue weighted by molar-refractivity contribution is 0.0734. The number of Topliss-reactive ketones (excluding diaryl/α,β-unsaturated/α-hetero) is 2. The van der Waals surface area contributed by atoms with Crippen LogP contribution in [0.5, 0.6) is 5.75 Å². The zero-order valence-electron chi connectivity index (χ0n) is 18.9. The van der Waals surface area contributed by atoms with Gasteiger partial charge in [-0.05, 0) is 55.5 Å². The number of aryl methyl sites for hydroxylation is 1. The van der Waals surface area contributed by atoms with Crippen LogP contribution >= 0.6 is 0 Å². The van der Waals surface area contributed by atoms with Crippen molar-refractivity contribution in [3.63, 3.8) is 0 Å². The number of carbonyl (C=O) groups excluding carboxylic acids is 4. The van der Waals surface area contributed by atoms with Gasteiger partial charge in [-0.25, -0.2) is 4.79 Å². The third kappa shape index (κ3) is 5.75. The molecule has 0 saturated carbocycles. The Morgan fingerprint density at radius 1 is 0.571 bits per heavy atom. The van der Waals surface area contributed by atoms with Crippen LogP contribution in [0.25, 0.3) is 0 Å². The van der Waals surface area contributed by atoms with E-state index in [0.29, 0.717) is 16.8 Å². The molecule has 35 heavy (non-hydrogen) atoms. The van der Waals surface area contributed by atoms with Crippen LogP contribution < -0.4 is 10.1 Å². The summed E-state index contributed by atoms with van der Waals surface area (Å²) in [6.07, 6.45) is 0. The van der Waals surface area contributed by atoms with Gasteiger partial charge in [-0.3, -0.25) is 14.4 Å². The summed E-state index contributed by atoms with van der Waals surface area (Å²) in [6.45, 7) is 1.96. The van der Waals surface area contributed by atoms with Gasteiger partial charge in [0.25, 0.3) is 5.91 Å². The quantitative estimate of drug-likeness (QED) is 0.168. The largest absolute Gasteiger partial charge is 0.423 e. The molecule has 0 atom stereocenters. The minimum absolute atomic E-state index is 0.180. The Morgan fingerprint density at radius 3 is 1.69 bits per heavy atom. The average Bonchev–Trinajstić information content (AvgIpc) is 2.90. The molecule has 0 spiro atoms. The van der Waals surface area contributed by atoms with Gasteiger partial charge in [0.15, 0.2) is 0 Å². The Morgan fingerprint density at radius 2 is 1.09 bits per heavy atom. The van der Waals surface area contributed by atoms with E-state index in [2.05, 4.69) is 5.32 Å². The van der Waals surface area contributed by atoms with Gasteiger partial charge >= 0.3 is 5.97 Å². The van der Waals surface area contributed by atoms with Crippen molar-refractivity contribution in [1.82, 2.24) is 0 Å². The molecule has 0 fully saturated rings. The molecule has 4 aromatic rings. The first-order chi connectivity index (χ1) is 16.9. The summed E-state index contributed by atoms with van der Waals surface area (Å²) in [5.41, 5.74) is 2.89. The fourth-order valence-electron chi connectivity index (χ4n) is 3.29. The van der Waals surface area contributed by atoms with Crippen LogP contribution in [0.4, 0.5) is 5.69 Å². The Hall–Kier alpha value is -4.84. The molecule has 0 aliphatic carbocycles. The second kappa shape index (κ2) is 10.4. The highest BCUT2D eigenvalue weighted by molar-refractivity contribution is 6.49. The molecule has 1 amide bonds. The molecule has 0 heterocycles. The van der Waals surface area contributed by atoms with Gasteiger partial charge < -0.3 is 10.1 Å². The molecule has 0 saturated heterocycles. The van der Waals surface area contributed by atoms with Crippen LogP contribution in [-0.4, -0.2) is 23.4 Å². The van der Waals surface area contributed by atoms with E-state index in [0.717, 1.165) is 5.56 Å². The summed E-state index contributed by atoms with van der Waals surface area (Å²) in [5.74, 6) is -1.92. The second-order valence-electron chi connectivity index (χ2n) is 7.84. The van der Waals surface area contributed by atoms with Gasteiger partial charge in [-0.15, -0.1) is 0 Å². The maximum atomic E-state index is 12.5. The predicted molar refractivity (Wildman–Crippen MR) is 132 cm³/mol. The van der Waals surface area contributed by atoms with Crippen LogP contribution in [0.3, 0.4) is 0 Å². The average molecular weight is 463 g/mol. The zero-order chi connectivity index (χ0) is 24.8. The van der Waals surface area contributed by atoms with Crippen molar-refractivity contribution >= 4 is 29.1 Å². The van der Waals surface area contributed by atoms with Crippen molar-refractivity contribution < 1.29 is 23.9 Å². The lowest BCUT2D eigenvalue weighted by Gasteiger charge is -2.08. The normalized spacial score (nSPS) is 10.3. The van der Waals surface area contributed by atoms with Gasteiger partial charge in [0.2, 0.25) is 11.6 Å². The Balaban J connectivity index is 1.37. The van der Waals surface area contributed by atoms with Crippen molar-refractivity contribution in [3.8, 4) is 5.75 Å². The maximum absolute atomic E-state index is 12.5. The summed E-state index contributed by atoms with van der Waals surface area (Å²) in [6, 6.07) is 27.6. The van der Waals surface area contributed by atoms with E-state index in [9.17, 15) is 19.2 Å². The molecule has 0 bridgehead atoms.